The molecule has 0 aromatic heterocycles. The summed E-state index contributed by atoms with van der Waals surface area (Å²) < 4.78 is 0. The van der Waals surface area contributed by atoms with Crippen molar-refractivity contribution in [2.24, 2.45) is 11.1 Å². The van der Waals surface area contributed by atoms with Gasteiger partial charge in [-0.05, 0) is 19.3 Å². The maximum Gasteiger partial charge on any atom is 0.147 e. The summed E-state index contributed by atoms with van der Waals surface area (Å²) in [4.78, 5) is 26.5. The average Bonchev–Trinajstić information content (AvgIpc) is 2.96. The molecule has 0 rings (SSSR count). The number of unbranched alkanes of at least 4 members (excludes halogenated alkanes) is 24. The van der Waals surface area contributed by atoms with Crippen LogP contribution in [0.25, 0.3) is 0 Å². The predicted octanol–water partition coefficient (Wildman–Crippen LogP) is 11.8. The first kappa shape index (κ1) is 39.3. The molecule has 0 heterocycles. The Balaban J connectivity index is 3.99. The summed E-state index contributed by atoms with van der Waals surface area (Å²) in [7, 11) is 0. The van der Waals surface area contributed by atoms with E-state index in [-0.39, 0.29) is 18.1 Å². The average molecular weight is 564 g/mol. The fraction of sp³-hybridized carbons (Fsp3) is 0.946. The molecule has 0 saturated carbocycles. The van der Waals surface area contributed by atoms with Gasteiger partial charge in [0, 0.05) is 19.4 Å². The van der Waals surface area contributed by atoms with Crippen molar-refractivity contribution in [2.75, 3.05) is 6.54 Å². The molecule has 0 aliphatic carbocycles. The van der Waals surface area contributed by atoms with E-state index in [1.54, 1.807) is 0 Å². The molecule has 0 fully saturated rings. The Hall–Kier alpha value is -0.700. The molecule has 238 valence electrons. The Kier molecular flexibility index (Phi) is 29.3. The van der Waals surface area contributed by atoms with Crippen LogP contribution >= 0.6 is 0 Å². The lowest BCUT2D eigenvalue weighted by molar-refractivity contribution is -0.141. The van der Waals surface area contributed by atoms with Gasteiger partial charge in [0.2, 0.25) is 0 Å². The number of carbonyl (C=O) groups is 2. The lowest BCUT2D eigenvalue weighted by atomic mass is 9.72. The number of Topliss-reactive ketones (excluding diaryl/α,β-unsaturated/α-hetero) is 2. The van der Waals surface area contributed by atoms with Crippen LogP contribution in [0.2, 0.25) is 0 Å². The first-order valence-corrected chi connectivity index (χ1v) is 18.4. The van der Waals surface area contributed by atoms with Crippen molar-refractivity contribution >= 4 is 11.6 Å². The molecule has 0 amide bonds. The van der Waals surface area contributed by atoms with Crippen LogP contribution in [0.15, 0.2) is 0 Å². The molecule has 0 aliphatic rings. The Morgan fingerprint density at radius 3 is 0.875 bits per heavy atom. The van der Waals surface area contributed by atoms with Crippen molar-refractivity contribution < 1.29 is 9.59 Å². The molecule has 0 spiro atoms. The van der Waals surface area contributed by atoms with E-state index in [2.05, 4.69) is 20.8 Å². The number of hydrogen-bond acceptors (Lipinski definition) is 3. The normalized spacial score (nSPS) is 11.8. The molecular formula is C37H73NO2. The van der Waals surface area contributed by atoms with Crippen LogP contribution in [-0.2, 0) is 9.59 Å². The van der Waals surface area contributed by atoms with Crippen molar-refractivity contribution in [3.05, 3.63) is 0 Å². The number of nitrogens with two attached hydrogens (primary N) is 1. The summed E-state index contributed by atoms with van der Waals surface area (Å²) in [6, 6.07) is 0. The number of rotatable bonds is 33. The van der Waals surface area contributed by atoms with E-state index in [9.17, 15) is 9.59 Å². The Labute approximate surface area is 252 Å². The van der Waals surface area contributed by atoms with Crippen molar-refractivity contribution in [2.45, 2.75) is 213 Å². The van der Waals surface area contributed by atoms with E-state index in [1.807, 2.05) is 0 Å². The highest BCUT2D eigenvalue weighted by atomic mass is 16.2. The van der Waals surface area contributed by atoms with Crippen molar-refractivity contribution in [3.63, 3.8) is 0 Å². The van der Waals surface area contributed by atoms with Gasteiger partial charge in [-0.15, -0.1) is 0 Å². The van der Waals surface area contributed by atoms with E-state index < -0.39 is 5.41 Å². The minimum atomic E-state index is -0.914. The molecule has 0 atom stereocenters. The van der Waals surface area contributed by atoms with Crippen LogP contribution in [0.1, 0.15) is 213 Å². The predicted molar refractivity (Wildman–Crippen MR) is 177 cm³/mol. The molecule has 3 nitrogen and oxygen atoms in total. The second-order valence-corrected chi connectivity index (χ2v) is 12.9. The second-order valence-electron chi connectivity index (χ2n) is 12.9. The van der Waals surface area contributed by atoms with Gasteiger partial charge in [0.15, 0.2) is 0 Å². The quantitative estimate of drug-likeness (QED) is 0.0638. The SMILES string of the molecule is CCCCCCCCCCCCCCCC(=O)C(CN)(CCC)C(=O)CCCCCCCCCCCCCCC. The Morgan fingerprint density at radius 1 is 0.400 bits per heavy atom. The lowest BCUT2D eigenvalue weighted by Gasteiger charge is -2.29. The molecule has 0 unspecified atom stereocenters. The Bertz CT molecular complexity index is 516. The molecule has 0 aliphatic heterocycles. The summed E-state index contributed by atoms with van der Waals surface area (Å²) in [5, 5.41) is 0. The topological polar surface area (TPSA) is 60.2 Å². The maximum atomic E-state index is 13.3. The van der Waals surface area contributed by atoms with Crippen LogP contribution in [0.3, 0.4) is 0 Å². The van der Waals surface area contributed by atoms with E-state index in [0.717, 1.165) is 32.1 Å². The van der Waals surface area contributed by atoms with Gasteiger partial charge in [-0.25, -0.2) is 0 Å². The summed E-state index contributed by atoms with van der Waals surface area (Å²) >= 11 is 0. The molecule has 0 saturated heterocycles. The third-order valence-electron chi connectivity index (χ3n) is 9.11. The zero-order valence-corrected chi connectivity index (χ0v) is 27.8. The second kappa shape index (κ2) is 29.8. The zero-order chi connectivity index (χ0) is 29.6. The molecule has 0 aromatic carbocycles. The highest BCUT2D eigenvalue weighted by Crippen LogP contribution is 2.30. The summed E-state index contributed by atoms with van der Waals surface area (Å²) in [5.41, 5.74) is 5.23. The number of hydrogen-bond donors (Lipinski definition) is 1. The summed E-state index contributed by atoms with van der Waals surface area (Å²) in [6.07, 6.45) is 36.3. The van der Waals surface area contributed by atoms with Crippen LogP contribution in [-0.4, -0.2) is 18.1 Å². The lowest BCUT2D eigenvalue weighted by Crippen LogP contribution is -2.45. The van der Waals surface area contributed by atoms with Gasteiger partial charge in [-0.1, -0.05) is 181 Å². The molecule has 40 heavy (non-hydrogen) atoms. The molecule has 2 N–H and O–H groups in total. The smallest absolute Gasteiger partial charge is 0.147 e. The molecule has 3 heteroatoms. The first-order valence-electron chi connectivity index (χ1n) is 18.4. The van der Waals surface area contributed by atoms with E-state index >= 15 is 0 Å². The highest BCUT2D eigenvalue weighted by molar-refractivity contribution is 6.07. The third-order valence-corrected chi connectivity index (χ3v) is 9.11. The van der Waals surface area contributed by atoms with Gasteiger partial charge in [0.1, 0.15) is 11.6 Å². The molecular weight excluding hydrogens is 490 g/mol. The van der Waals surface area contributed by atoms with Crippen LogP contribution in [0.5, 0.6) is 0 Å². The first-order chi connectivity index (χ1) is 19.6. The fourth-order valence-corrected chi connectivity index (χ4v) is 6.28. The van der Waals surface area contributed by atoms with Crippen molar-refractivity contribution in [3.8, 4) is 0 Å². The molecule has 0 aromatic rings. The fourth-order valence-electron chi connectivity index (χ4n) is 6.28. The minimum absolute atomic E-state index is 0.125. The van der Waals surface area contributed by atoms with Gasteiger partial charge in [0.05, 0.1) is 5.41 Å². The Morgan fingerprint density at radius 2 is 0.650 bits per heavy atom. The number of ketones is 2. The largest absolute Gasteiger partial charge is 0.329 e. The van der Waals surface area contributed by atoms with Crippen LogP contribution in [0, 0.1) is 5.41 Å². The van der Waals surface area contributed by atoms with Crippen molar-refractivity contribution in [1.29, 1.82) is 0 Å². The zero-order valence-electron chi connectivity index (χ0n) is 27.8. The van der Waals surface area contributed by atoms with Gasteiger partial charge >= 0.3 is 0 Å². The van der Waals surface area contributed by atoms with E-state index in [4.69, 9.17) is 5.73 Å². The third kappa shape index (κ3) is 21.1. The van der Waals surface area contributed by atoms with Crippen molar-refractivity contribution in [1.82, 2.24) is 0 Å². The highest BCUT2D eigenvalue weighted by Gasteiger charge is 2.41. The monoisotopic (exact) mass is 564 g/mol. The standard InChI is InChI=1S/C37H73NO2/c1-4-7-9-11-13-15-17-19-21-23-25-27-29-31-35(39)37(34-38,33-6-3)36(40)32-30-28-26-24-22-20-18-16-14-12-10-8-5-2/h4-34,38H2,1-3H3. The van der Waals surface area contributed by atoms with Crippen LogP contribution in [0.4, 0.5) is 0 Å². The summed E-state index contributed by atoms with van der Waals surface area (Å²) in [5.74, 6) is 0.249. The minimum Gasteiger partial charge on any atom is -0.329 e. The van der Waals surface area contributed by atoms with Crippen LogP contribution < -0.4 is 5.73 Å². The summed E-state index contributed by atoms with van der Waals surface area (Å²) in [6.45, 7) is 6.81. The van der Waals surface area contributed by atoms with E-state index in [1.165, 1.54) is 141 Å². The van der Waals surface area contributed by atoms with Gasteiger partial charge in [-0.3, -0.25) is 9.59 Å². The maximum absolute atomic E-state index is 13.3. The number of carbonyl (C=O) groups excluding carboxylic acids is 2. The molecule has 0 bridgehead atoms. The van der Waals surface area contributed by atoms with Gasteiger partial charge in [-0.2, -0.15) is 0 Å². The molecule has 0 radical (unpaired) electrons. The van der Waals surface area contributed by atoms with Gasteiger partial charge < -0.3 is 5.73 Å². The van der Waals surface area contributed by atoms with E-state index in [0.29, 0.717) is 19.3 Å². The van der Waals surface area contributed by atoms with Gasteiger partial charge in [0.25, 0.3) is 0 Å².